The van der Waals surface area contributed by atoms with Gasteiger partial charge < -0.3 is 0 Å². The number of unbranched alkanes of at least 4 members (excludes halogenated alkanes) is 29. The normalized spacial score (nSPS) is 12.4. The van der Waals surface area contributed by atoms with Crippen LogP contribution in [-0.4, -0.2) is 0 Å². The summed E-state index contributed by atoms with van der Waals surface area (Å²) in [5.74, 6) is 1.04. The number of hydrogen-bond donors (Lipinski definition) is 0. The van der Waals surface area contributed by atoms with Crippen LogP contribution in [0.25, 0.3) is 0 Å². The topological polar surface area (TPSA) is 0 Å². The third kappa shape index (κ3) is 34.1. The van der Waals surface area contributed by atoms with E-state index < -0.39 is 0 Å². The van der Waals surface area contributed by atoms with E-state index in [4.69, 9.17) is 0 Å². The summed E-state index contributed by atoms with van der Waals surface area (Å²) >= 11 is 0. The van der Waals surface area contributed by atoms with Gasteiger partial charge in [0.15, 0.2) is 0 Å². The van der Waals surface area contributed by atoms with Gasteiger partial charge in [-0.1, -0.05) is 245 Å². The van der Waals surface area contributed by atoms with Crippen LogP contribution in [0.15, 0.2) is 0 Å². The molecule has 236 valence electrons. The van der Waals surface area contributed by atoms with Crippen LogP contribution < -0.4 is 0 Å². The predicted molar refractivity (Wildman–Crippen MR) is 182 cm³/mol. The van der Waals surface area contributed by atoms with E-state index in [1.807, 2.05) is 0 Å². The van der Waals surface area contributed by atoms with Crippen molar-refractivity contribution in [1.29, 1.82) is 0 Å². The van der Waals surface area contributed by atoms with Crippen LogP contribution >= 0.6 is 0 Å². The summed E-state index contributed by atoms with van der Waals surface area (Å²) in [7, 11) is 0. The second-order valence-electron chi connectivity index (χ2n) is 13.5. The van der Waals surface area contributed by atoms with Crippen LogP contribution in [0.2, 0.25) is 0 Å². The van der Waals surface area contributed by atoms with Gasteiger partial charge in [-0.25, -0.2) is 0 Å². The Morgan fingerprint density at radius 2 is 0.359 bits per heavy atom. The summed E-state index contributed by atoms with van der Waals surface area (Å²) in [6.07, 6.45) is 51.8. The molecule has 39 heavy (non-hydrogen) atoms. The van der Waals surface area contributed by atoms with Crippen molar-refractivity contribution >= 4 is 0 Å². The molecule has 0 radical (unpaired) electrons. The Morgan fingerprint density at radius 1 is 0.205 bits per heavy atom. The quantitative estimate of drug-likeness (QED) is 0.0691. The molecule has 0 aliphatic rings. The molecule has 0 aromatic rings. The molecule has 0 heterocycles. The second kappa shape index (κ2) is 36.0. The molecule has 0 nitrogen and oxygen atoms in total. The van der Waals surface area contributed by atoms with Gasteiger partial charge in [-0.3, -0.25) is 0 Å². The Kier molecular flexibility index (Phi) is 36.0. The summed E-state index contributed by atoms with van der Waals surface area (Å²) in [5.41, 5.74) is 0. The lowest BCUT2D eigenvalue weighted by Crippen LogP contribution is -2.01. The van der Waals surface area contributed by atoms with E-state index in [-0.39, 0.29) is 0 Å². The van der Waals surface area contributed by atoms with E-state index in [1.54, 1.807) is 0 Å². The van der Waals surface area contributed by atoms with Crippen molar-refractivity contribution < 1.29 is 0 Å². The van der Waals surface area contributed by atoms with Crippen LogP contribution in [0.5, 0.6) is 0 Å². The zero-order valence-corrected chi connectivity index (χ0v) is 28.3. The molecule has 0 aliphatic heterocycles. The van der Waals surface area contributed by atoms with Crippen molar-refractivity contribution in [1.82, 2.24) is 0 Å². The first-order valence-electron chi connectivity index (χ1n) is 19.3. The number of rotatable bonds is 35. The minimum atomic E-state index is 1.04. The maximum Gasteiger partial charge on any atom is -0.0414 e. The summed E-state index contributed by atoms with van der Waals surface area (Å²) in [4.78, 5) is 0. The molecule has 1 atom stereocenters. The average Bonchev–Trinajstić information content (AvgIpc) is 2.95. The van der Waals surface area contributed by atoms with Gasteiger partial charge in [-0.15, -0.1) is 0 Å². The smallest absolute Gasteiger partial charge is 0.0414 e. The highest BCUT2D eigenvalue weighted by Crippen LogP contribution is 2.25. The maximum atomic E-state index is 2.35. The van der Waals surface area contributed by atoms with Crippen LogP contribution in [0, 0.1) is 5.92 Å². The first-order chi connectivity index (χ1) is 19.3. The Balaban J connectivity index is 3.61. The standard InChI is InChI=1S/C39H80/c1-4-7-10-13-15-17-19-21-22-23-24-26-28-30-32-35-38-39(36-33-12-9-6-3)37-34-31-29-27-25-20-18-16-14-11-8-5-2/h39H,4-38H2,1-3H3. The summed E-state index contributed by atoms with van der Waals surface area (Å²) < 4.78 is 0. The fraction of sp³-hybridized carbons (Fsp3) is 1.00. The lowest BCUT2D eigenvalue weighted by atomic mass is 9.89. The minimum absolute atomic E-state index is 1.04. The van der Waals surface area contributed by atoms with Gasteiger partial charge in [-0.05, 0) is 5.92 Å². The molecule has 0 saturated heterocycles. The molecule has 1 unspecified atom stereocenters. The Hall–Kier alpha value is 0. The van der Waals surface area contributed by atoms with E-state index in [0.717, 1.165) is 5.92 Å². The third-order valence-electron chi connectivity index (χ3n) is 9.40. The molecule has 0 saturated carbocycles. The highest BCUT2D eigenvalue weighted by molar-refractivity contribution is 4.62. The molecule has 0 amide bonds. The van der Waals surface area contributed by atoms with Crippen LogP contribution in [-0.2, 0) is 0 Å². The highest BCUT2D eigenvalue weighted by Gasteiger charge is 2.08. The lowest BCUT2D eigenvalue weighted by molar-refractivity contribution is 0.366. The number of hydrogen-bond acceptors (Lipinski definition) is 0. The zero-order valence-electron chi connectivity index (χ0n) is 28.3. The average molecular weight is 549 g/mol. The molecule has 0 fully saturated rings. The molecule has 0 bridgehead atoms. The van der Waals surface area contributed by atoms with E-state index >= 15 is 0 Å². The molecule has 0 spiro atoms. The largest absolute Gasteiger partial charge is 0.0654 e. The van der Waals surface area contributed by atoms with Crippen molar-refractivity contribution in [2.75, 3.05) is 0 Å². The van der Waals surface area contributed by atoms with Crippen molar-refractivity contribution in [3.05, 3.63) is 0 Å². The Bertz CT molecular complexity index is 399. The van der Waals surface area contributed by atoms with Gasteiger partial charge in [0.2, 0.25) is 0 Å². The molecule has 0 rings (SSSR count). The van der Waals surface area contributed by atoms with E-state index in [1.165, 1.54) is 225 Å². The molecule has 0 N–H and O–H groups in total. The summed E-state index contributed by atoms with van der Waals surface area (Å²) in [6, 6.07) is 0. The minimum Gasteiger partial charge on any atom is -0.0654 e. The third-order valence-corrected chi connectivity index (χ3v) is 9.40. The second-order valence-corrected chi connectivity index (χ2v) is 13.5. The first kappa shape index (κ1) is 39.0. The molecule has 0 aromatic heterocycles. The van der Waals surface area contributed by atoms with Crippen molar-refractivity contribution in [2.45, 2.75) is 245 Å². The van der Waals surface area contributed by atoms with Gasteiger partial charge in [0.05, 0.1) is 0 Å². The molecule has 0 aliphatic carbocycles. The fourth-order valence-corrected chi connectivity index (χ4v) is 6.55. The van der Waals surface area contributed by atoms with Crippen LogP contribution in [0.4, 0.5) is 0 Å². The van der Waals surface area contributed by atoms with Gasteiger partial charge in [0.25, 0.3) is 0 Å². The lowest BCUT2D eigenvalue weighted by Gasteiger charge is -2.17. The summed E-state index contributed by atoms with van der Waals surface area (Å²) in [5, 5.41) is 0. The molecular formula is C39H80. The SMILES string of the molecule is CCCCCCCCCCCCCCCCCCC(CCCCCC)CCCCCCCCCCCCCC. The molecule has 0 heteroatoms. The summed E-state index contributed by atoms with van der Waals surface area (Å²) in [6.45, 7) is 6.98. The van der Waals surface area contributed by atoms with Gasteiger partial charge in [0.1, 0.15) is 0 Å². The molecule has 0 aromatic carbocycles. The predicted octanol–water partition coefficient (Wildman–Crippen LogP) is 15.3. The first-order valence-corrected chi connectivity index (χ1v) is 19.3. The maximum absolute atomic E-state index is 2.35. The van der Waals surface area contributed by atoms with Crippen LogP contribution in [0.1, 0.15) is 245 Å². The monoisotopic (exact) mass is 549 g/mol. The fourth-order valence-electron chi connectivity index (χ4n) is 6.55. The van der Waals surface area contributed by atoms with Crippen LogP contribution in [0.3, 0.4) is 0 Å². The van der Waals surface area contributed by atoms with Gasteiger partial charge in [-0.2, -0.15) is 0 Å². The van der Waals surface area contributed by atoms with Gasteiger partial charge in [0, 0.05) is 0 Å². The van der Waals surface area contributed by atoms with E-state index in [9.17, 15) is 0 Å². The van der Waals surface area contributed by atoms with Crippen molar-refractivity contribution in [3.63, 3.8) is 0 Å². The Labute approximate surface area is 251 Å². The zero-order chi connectivity index (χ0) is 28.3. The van der Waals surface area contributed by atoms with E-state index in [2.05, 4.69) is 20.8 Å². The highest BCUT2D eigenvalue weighted by atomic mass is 14.1. The van der Waals surface area contributed by atoms with E-state index in [0.29, 0.717) is 0 Å². The molecular weight excluding hydrogens is 468 g/mol. The Morgan fingerprint density at radius 3 is 0.564 bits per heavy atom. The van der Waals surface area contributed by atoms with Gasteiger partial charge >= 0.3 is 0 Å². The van der Waals surface area contributed by atoms with Crippen molar-refractivity contribution in [2.24, 2.45) is 5.92 Å². The van der Waals surface area contributed by atoms with Crippen molar-refractivity contribution in [3.8, 4) is 0 Å².